The van der Waals surface area contributed by atoms with Crippen LogP contribution < -0.4 is 21.3 Å². The Hall–Kier alpha value is -4.55. The first-order valence-corrected chi connectivity index (χ1v) is 13.9. The number of nitrogens with two attached hydrogens (primary N) is 1. The summed E-state index contributed by atoms with van der Waals surface area (Å²) >= 11 is 6.62. The Morgan fingerprint density at radius 2 is 1.79 bits per heavy atom. The molecule has 0 saturated carbocycles. The third-order valence-corrected chi connectivity index (χ3v) is 7.78. The van der Waals surface area contributed by atoms with Crippen LogP contribution in [0.3, 0.4) is 0 Å². The third kappa shape index (κ3) is 5.50. The number of anilines is 1. The van der Waals surface area contributed by atoms with Crippen molar-refractivity contribution in [3.05, 3.63) is 65.4 Å². The van der Waals surface area contributed by atoms with Gasteiger partial charge < -0.3 is 26.0 Å². The first kappa shape index (κ1) is 29.0. The summed E-state index contributed by atoms with van der Waals surface area (Å²) in [5, 5.41) is 6.32. The fourth-order valence-corrected chi connectivity index (χ4v) is 5.44. The van der Waals surface area contributed by atoms with Crippen molar-refractivity contribution >= 4 is 46.4 Å². The maximum atomic E-state index is 12.5. The van der Waals surface area contributed by atoms with E-state index in [-0.39, 0.29) is 12.5 Å². The number of nitrogens with one attached hydrogen (secondary N) is 2. The molecule has 3 heterocycles. The lowest BCUT2D eigenvalue weighted by Gasteiger charge is -2.40. The van der Waals surface area contributed by atoms with Gasteiger partial charge in [-0.05, 0) is 55.8 Å². The molecule has 0 unspecified atom stereocenters. The minimum Gasteiger partial charge on any atom is -0.468 e. The van der Waals surface area contributed by atoms with Gasteiger partial charge in [-0.15, -0.1) is 0 Å². The number of hydrogen-bond acceptors (Lipinski definition) is 9. The van der Waals surface area contributed by atoms with Crippen LogP contribution in [0.15, 0.2) is 54.9 Å². The Morgan fingerprint density at radius 3 is 2.43 bits per heavy atom. The summed E-state index contributed by atoms with van der Waals surface area (Å²) in [6, 6.07) is 14.2. The van der Waals surface area contributed by atoms with Crippen LogP contribution in [-0.4, -0.2) is 76.1 Å². The molecule has 4 N–H and O–H groups in total. The smallest absolute Gasteiger partial charge is 0.325 e. The maximum Gasteiger partial charge on any atom is 0.325 e. The first-order chi connectivity index (χ1) is 20.3. The number of methoxy groups -OCH3 is 1. The Bertz CT molecular complexity index is 1630. The number of halogens is 1. The summed E-state index contributed by atoms with van der Waals surface area (Å²) in [5.41, 5.74) is 7.90. The number of benzene rings is 2. The van der Waals surface area contributed by atoms with E-state index in [1.165, 1.54) is 13.4 Å². The summed E-state index contributed by atoms with van der Waals surface area (Å²) in [7, 11) is 1.26. The van der Waals surface area contributed by atoms with Gasteiger partial charge in [-0.25, -0.2) is 15.0 Å². The monoisotopic (exact) mass is 590 g/mol. The molecule has 4 aromatic rings. The number of imidazole rings is 1. The highest BCUT2D eigenvalue weighted by molar-refractivity contribution is 6.33. The zero-order chi connectivity index (χ0) is 29.9. The molecule has 1 fully saturated rings. The molecule has 2 aromatic heterocycles. The lowest BCUT2D eigenvalue weighted by atomic mass is 9.86. The number of esters is 1. The van der Waals surface area contributed by atoms with Crippen molar-refractivity contribution in [3.8, 4) is 17.1 Å². The molecule has 42 heavy (non-hydrogen) atoms. The molecule has 218 valence electrons. The zero-order valence-electron chi connectivity index (χ0n) is 23.3. The number of carbonyl (C=O) groups excluding carboxylic acids is 3. The second-order valence-electron chi connectivity index (χ2n) is 9.89. The molecule has 0 aliphatic carbocycles. The molecule has 1 saturated heterocycles. The van der Waals surface area contributed by atoms with E-state index in [0.717, 1.165) is 0 Å². The van der Waals surface area contributed by atoms with Crippen molar-refractivity contribution in [3.63, 3.8) is 0 Å². The molecule has 0 spiro atoms. The number of rotatable bonds is 9. The van der Waals surface area contributed by atoms with Crippen LogP contribution in [-0.2, 0) is 14.3 Å². The molecule has 0 atom stereocenters. The van der Waals surface area contributed by atoms with Crippen LogP contribution in [0.1, 0.15) is 30.1 Å². The molecule has 2 amide bonds. The number of likely N-dealkylation sites (N-methyl/N-ethyl adjacent to an activating group) is 1. The minimum absolute atomic E-state index is 0.231. The van der Waals surface area contributed by atoms with Gasteiger partial charge in [0.05, 0.1) is 12.1 Å². The van der Waals surface area contributed by atoms with E-state index >= 15 is 0 Å². The average molecular weight is 591 g/mol. The Kier molecular flexibility index (Phi) is 8.36. The number of aromatic nitrogens is 4. The van der Waals surface area contributed by atoms with Crippen molar-refractivity contribution in [2.75, 3.05) is 38.2 Å². The van der Waals surface area contributed by atoms with Gasteiger partial charge in [0.25, 0.3) is 5.91 Å². The molecule has 1 aliphatic rings. The van der Waals surface area contributed by atoms with E-state index in [1.807, 2.05) is 29.7 Å². The molecule has 0 bridgehead atoms. The average Bonchev–Trinajstić information content (AvgIpc) is 3.40. The Morgan fingerprint density at radius 1 is 1.07 bits per heavy atom. The largest absolute Gasteiger partial charge is 0.468 e. The highest BCUT2D eigenvalue weighted by Crippen LogP contribution is 2.36. The molecule has 13 heteroatoms. The molecular weight excluding hydrogens is 560 g/mol. The fraction of sp³-hybridized carbons (Fsp3) is 0.310. The number of amides is 2. The van der Waals surface area contributed by atoms with Crippen molar-refractivity contribution < 1.29 is 19.1 Å². The van der Waals surface area contributed by atoms with E-state index in [2.05, 4.69) is 30.2 Å². The van der Waals surface area contributed by atoms with Gasteiger partial charge in [-0.3, -0.25) is 19.0 Å². The topological polar surface area (TPSA) is 157 Å². The standard InChI is InChI=1S/C29H31ClN8O4/c1-3-35-29(28(31)41)12-14-37(15-13-29)25-23-26(34-17-33-25)38(24(36-23)20-6-4-5-7-21(20)30)19-10-8-18(9-11-19)27(40)32-16-22(39)42-2/h4-11,17,35H,3,12-16H2,1-2H3,(H2,31,41)(H,32,40). The molecule has 1 aliphatic heterocycles. The van der Waals surface area contributed by atoms with E-state index in [1.54, 1.807) is 30.3 Å². The van der Waals surface area contributed by atoms with Gasteiger partial charge in [-0.1, -0.05) is 30.7 Å². The van der Waals surface area contributed by atoms with Crippen molar-refractivity contribution in [2.24, 2.45) is 5.73 Å². The number of ether oxygens (including phenoxy) is 1. The Labute approximate surface area is 247 Å². The van der Waals surface area contributed by atoms with Crippen LogP contribution in [0.4, 0.5) is 5.82 Å². The Balaban J connectivity index is 1.55. The summed E-state index contributed by atoms with van der Waals surface area (Å²) < 4.78 is 6.45. The third-order valence-electron chi connectivity index (χ3n) is 7.45. The first-order valence-electron chi connectivity index (χ1n) is 13.5. The van der Waals surface area contributed by atoms with Crippen molar-refractivity contribution in [1.82, 2.24) is 30.2 Å². The van der Waals surface area contributed by atoms with Gasteiger partial charge in [0, 0.05) is 29.9 Å². The second kappa shape index (κ2) is 12.1. The van der Waals surface area contributed by atoms with Gasteiger partial charge in [-0.2, -0.15) is 0 Å². The number of fused-ring (bicyclic) bond motifs is 1. The zero-order valence-corrected chi connectivity index (χ0v) is 24.0. The fourth-order valence-electron chi connectivity index (χ4n) is 5.22. The van der Waals surface area contributed by atoms with Gasteiger partial charge >= 0.3 is 5.97 Å². The van der Waals surface area contributed by atoms with E-state index in [0.29, 0.717) is 77.1 Å². The predicted molar refractivity (Wildman–Crippen MR) is 159 cm³/mol. The summed E-state index contributed by atoms with van der Waals surface area (Å²) in [4.78, 5) is 52.5. The number of carbonyl (C=O) groups is 3. The lowest BCUT2D eigenvalue weighted by Crippen LogP contribution is -2.61. The van der Waals surface area contributed by atoms with E-state index < -0.39 is 17.4 Å². The van der Waals surface area contributed by atoms with Crippen LogP contribution in [0.25, 0.3) is 28.2 Å². The van der Waals surface area contributed by atoms with Gasteiger partial charge in [0.15, 0.2) is 17.0 Å². The lowest BCUT2D eigenvalue weighted by molar-refractivity contribution is -0.139. The predicted octanol–water partition coefficient (Wildman–Crippen LogP) is 2.47. The molecule has 2 aromatic carbocycles. The number of piperidine rings is 1. The van der Waals surface area contributed by atoms with Crippen molar-refractivity contribution in [1.29, 1.82) is 0 Å². The second-order valence-corrected chi connectivity index (χ2v) is 10.3. The van der Waals surface area contributed by atoms with E-state index in [9.17, 15) is 14.4 Å². The molecule has 0 radical (unpaired) electrons. The van der Waals surface area contributed by atoms with Crippen LogP contribution in [0.2, 0.25) is 5.02 Å². The maximum absolute atomic E-state index is 12.5. The van der Waals surface area contributed by atoms with Crippen LogP contribution in [0.5, 0.6) is 0 Å². The summed E-state index contributed by atoms with van der Waals surface area (Å²) in [6.45, 7) is 3.45. The van der Waals surface area contributed by atoms with Gasteiger partial charge in [0.1, 0.15) is 24.2 Å². The minimum atomic E-state index is -0.760. The normalized spacial score (nSPS) is 14.5. The quantitative estimate of drug-likeness (QED) is 0.249. The number of primary amides is 1. The number of nitrogens with zero attached hydrogens (tertiary/aromatic N) is 5. The summed E-state index contributed by atoms with van der Waals surface area (Å²) in [5.74, 6) is -0.116. The highest BCUT2D eigenvalue weighted by Gasteiger charge is 2.40. The molecular formula is C29H31ClN8O4. The van der Waals surface area contributed by atoms with Crippen LogP contribution >= 0.6 is 11.6 Å². The van der Waals surface area contributed by atoms with E-state index in [4.69, 9.17) is 22.3 Å². The van der Waals surface area contributed by atoms with Crippen molar-refractivity contribution in [2.45, 2.75) is 25.3 Å². The number of hydrogen-bond donors (Lipinski definition) is 3. The SMILES string of the molecule is CCNC1(C(N)=O)CCN(c2ncnc3c2nc(-c2ccccc2Cl)n3-c2ccc(C(=O)NCC(=O)OC)cc2)CC1. The van der Waals surface area contributed by atoms with Gasteiger partial charge in [0.2, 0.25) is 5.91 Å². The summed E-state index contributed by atoms with van der Waals surface area (Å²) in [6.07, 6.45) is 2.54. The molecule has 12 nitrogen and oxygen atoms in total. The van der Waals surface area contributed by atoms with Crippen LogP contribution in [0, 0.1) is 0 Å². The molecule has 5 rings (SSSR count). The highest BCUT2D eigenvalue weighted by atomic mass is 35.5.